The third-order valence-corrected chi connectivity index (χ3v) is 1.77. The number of unbranched alkanes of at least 4 members (excludes halogenated alkanes) is 1. The molecule has 0 aromatic heterocycles. The molecule has 0 radical (unpaired) electrons. The van der Waals surface area contributed by atoms with Crippen molar-refractivity contribution in [3.63, 3.8) is 0 Å². The topological polar surface area (TPSA) is 21.3 Å². The molecule has 0 atom stereocenters. The fourth-order valence-corrected chi connectivity index (χ4v) is 1.05. The van der Waals surface area contributed by atoms with Gasteiger partial charge in [-0.05, 0) is 26.1 Å². The summed E-state index contributed by atoms with van der Waals surface area (Å²) in [6.07, 6.45) is 2.42. The first-order valence-corrected chi connectivity index (χ1v) is 7.38. The minimum absolute atomic E-state index is 0.987. The average molecular weight is 161 g/mol. The van der Waals surface area contributed by atoms with Crippen LogP contribution in [-0.2, 0) is 4.53 Å². The molecule has 0 heterocycles. The average Bonchev–Trinajstić information content (AvgIpc) is 1.78. The highest BCUT2D eigenvalue weighted by molar-refractivity contribution is 6.69. The summed E-state index contributed by atoms with van der Waals surface area (Å²) < 4.78 is 5.42. The number of rotatable bonds is 5. The molecule has 62 valence electrons. The normalized spacial score (nSPS) is 12.0. The van der Waals surface area contributed by atoms with E-state index in [1.165, 1.54) is 12.8 Å². The van der Waals surface area contributed by atoms with E-state index in [2.05, 4.69) is 32.0 Å². The van der Waals surface area contributed by atoms with Crippen molar-refractivity contribution >= 4 is 8.32 Å². The second-order valence-corrected chi connectivity index (χ2v) is 7.89. The second-order valence-electron chi connectivity index (χ2n) is 3.46. The molecule has 0 fully saturated rings. The summed E-state index contributed by atoms with van der Waals surface area (Å²) in [5.41, 5.74) is 2.99. The van der Waals surface area contributed by atoms with Gasteiger partial charge >= 0.3 is 0 Å². The van der Waals surface area contributed by atoms with Gasteiger partial charge in [0.2, 0.25) is 8.32 Å². The van der Waals surface area contributed by atoms with Crippen LogP contribution in [0.5, 0.6) is 0 Å². The molecule has 0 saturated heterocycles. The summed E-state index contributed by atoms with van der Waals surface area (Å²) in [5, 5.41) is 0. The van der Waals surface area contributed by atoms with Crippen LogP contribution in [-0.4, -0.2) is 14.9 Å². The van der Waals surface area contributed by atoms with E-state index in [1.807, 2.05) is 0 Å². The highest BCUT2D eigenvalue weighted by Gasteiger charge is 2.13. The van der Waals surface area contributed by atoms with Crippen LogP contribution in [0.15, 0.2) is 0 Å². The number of nitrogens with one attached hydrogen (secondary N) is 1. The van der Waals surface area contributed by atoms with Crippen molar-refractivity contribution in [1.29, 1.82) is 0 Å². The minimum atomic E-state index is -1.32. The fraction of sp³-hybridized carbons (Fsp3) is 1.00. The fourth-order valence-electron chi connectivity index (χ4n) is 0.516. The molecule has 10 heavy (non-hydrogen) atoms. The maximum atomic E-state index is 5.42. The quantitative estimate of drug-likeness (QED) is 0.379. The zero-order valence-electron chi connectivity index (χ0n) is 7.53. The lowest BCUT2D eigenvalue weighted by Gasteiger charge is -2.16. The van der Waals surface area contributed by atoms with Gasteiger partial charge in [-0.1, -0.05) is 13.3 Å². The molecule has 0 amide bonds. The summed E-state index contributed by atoms with van der Waals surface area (Å²) in [5.74, 6) is 0. The molecule has 0 aliphatic rings. The number of hydroxylamine groups is 1. The molecule has 0 aliphatic heterocycles. The molecule has 0 rings (SSSR count). The van der Waals surface area contributed by atoms with Gasteiger partial charge < -0.3 is 4.53 Å². The minimum Gasteiger partial charge on any atom is -0.346 e. The van der Waals surface area contributed by atoms with Gasteiger partial charge in [0.25, 0.3) is 0 Å². The maximum absolute atomic E-state index is 5.42. The molecule has 1 N–H and O–H groups in total. The summed E-state index contributed by atoms with van der Waals surface area (Å²) in [6, 6.07) is 0. The van der Waals surface area contributed by atoms with E-state index in [0.29, 0.717) is 0 Å². The Labute approximate surface area is 65.1 Å². The molecule has 0 unspecified atom stereocenters. The van der Waals surface area contributed by atoms with E-state index in [0.717, 1.165) is 6.54 Å². The van der Waals surface area contributed by atoms with Crippen LogP contribution in [0.25, 0.3) is 0 Å². The Morgan fingerprint density at radius 2 is 1.90 bits per heavy atom. The van der Waals surface area contributed by atoms with Crippen molar-refractivity contribution in [3.05, 3.63) is 0 Å². The molecule has 2 nitrogen and oxygen atoms in total. The van der Waals surface area contributed by atoms with Gasteiger partial charge in [0.05, 0.1) is 0 Å². The van der Waals surface area contributed by atoms with Crippen molar-refractivity contribution in [3.8, 4) is 0 Å². The van der Waals surface area contributed by atoms with Gasteiger partial charge in [-0.3, -0.25) is 0 Å². The molecule has 0 aromatic carbocycles. The molecule has 0 spiro atoms. The molecule has 0 aliphatic carbocycles. The monoisotopic (exact) mass is 161 g/mol. The molecule has 0 aromatic rings. The van der Waals surface area contributed by atoms with Crippen molar-refractivity contribution < 1.29 is 4.53 Å². The Morgan fingerprint density at radius 1 is 1.30 bits per heavy atom. The highest BCUT2D eigenvalue weighted by atomic mass is 28.4. The second kappa shape index (κ2) is 4.88. The first-order valence-electron chi connectivity index (χ1n) is 3.97. The summed E-state index contributed by atoms with van der Waals surface area (Å²) in [7, 11) is -1.32. The first-order chi connectivity index (χ1) is 4.56. The highest BCUT2D eigenvalue weighted by Crippen LogP contribution is 1.98. The van der Waals surface area contributed by atoms with Gasteiger partial charge in [0.1, 0.15) is 0 Å². The van der Waals surface area contributed by atoms with E-state index in [4.69, 9.17) is 4.53 Å². The molecule has 0 bridgehead atoms. The molecular weight excluding hydrogens is 142 g/mol. The Bertz CT molecular complexity index is 80.2. The van der Waals surface area contributed by atoms with Gasteiger partial charge in [0.15, 0.2) is 0 Å². The van der Waals surface area contributed by atoms with E-state index in [9.17, 15) is 0 Å². The van der Waals surface area contributed by atoms with Crippen LogP contribution >= 0.6 is 0 Å². The largest absolute Gasteiger partial charge is 0.346 e. The zero-order chi connectivity index (χ0) is 8.04. The Hall–Kier alpha value is 0.137. The van der Waals surface area contributed by atoms with E-state index in [1.54, 1.807) is 0 Å². The molecular formula is C7H19NOSi. The smallest absolute Gasteiger partial charge is 0.211 e. The van der Waals surface area contributed by atoms with Crippen LogP contribution in [0.2, 0.25) is 19.6 Å². The molecule has 0 saturated carbocycles. The third kappa shape index (κ3) is 8.14. The van der Waals surface area contributed by atoms with E-state index < -0.39 is 8.32 Å². The van der Waals surface area contributed by atoms with Crippen LogP contribution in [0, 0.1) is 0 Å². The summed E-state index contributed by atoms with van der Waals surface area (Å²) >= 11 is 0. The zero-order valence-corrected chi connectivity index (χ0v) is 8.53. The van der Waals surface area contributed by atoms with Crippen LogP contribution in [0.1, 0.15) is 19.8 Å². The molecule has 3 heteroatoms. The maximum Gasteiger partial charge on any atom is 0.211 e. The summed E-state index contributed by atoms with van der Waals surface area (Å²) in [4.78, 5) is 0. The first kappa shape index (κ1) is 10.1. The van der Waals surface area contributed by atoms with Gasteiger partial charge in [-0.2, -0.15) is 0 Å². The van der Waals surface area contributed by atoms with E-state index in [-0.39, 0.29) is 0 Å². The van der Waals surface area contributed by atoms with Crippen molar-refractivity contribution in [1.82, 2.24) is 5.48 Å². The number of hydrogen-bond acceptors (Lipinski definition) is 2. The Balaban J connectivity index is 3.04. The third-order valence-electron chi connectivity index (χ3n) is 1.01. The van der Waals surface area contributed by atoms with Crippen molar-refractivity contribution in [2.45, 2.75) is 39.4 Å². The van der Waals surface area contributed by atoms with E-state index >= 15 is 0 Å². The van der Waals surface area contributed by atoms with Gasteiger partial charge in [0, 0.05) is 6.54 Å². The Morgan fingerprint density at radius 3 is 2.30 bits per heavy atom. The SMILES string of the molecule is CCCCNO[Si](C)(C)C. The number of hydrogen-bond donors (Lipinski definition) is 1. The van der Waals surface area contributed by atoms with Crippen LogP contribution in [0.4, 0.5) is 0 Å². The lowest BCUT2D eigenvalue weighted by atomic mass is 10.3. The van der Waals surface area contributed by atoms with Crippen LogP contribution < -0.4 is 5.48 Å². The predicted molar refractivity (Wildman–Crippen MR) is 47.3 cm³/mol. The summed E-state index contributed by atoms with van der Waals surface area (Å²) in [6.45, 7) is 9.68. The van der Waals surface area contributed by atoms with Gasteiger partial charge in [-0.15, -0.1) is 0 Å². The van der Waals surface area contributed by atoms with Crippen LogP contribution in [0.3, 0.4) is 0 Å². The Kier molecular flexibility index (Phi) is 4.94. The standard InChI is InChI=1S/C7H19NOSi/c1-5-6-7-8-9-10(2,3)4/h8H,5-7H2,1-4H3. The lowest BCUT2D eigenvalue weighted by Crippen LogP contribution is -2.34. The van der Waals surface area contributed by atoms with Crippen molar-refractivity contribution in [2.24, 2.45) is 0 Å². The lowest BCUT2D eigenvalue weighted by molar-refractivity contribution is 0.186. The van der Waals surface area contributed by atoms with Gasteiger partial charge in [-0.25, -0.2) is 5.48 Å². The van der Waals surface area contributed by atoms with Crippen molar-refractivity contribution in [2.75, 3.05) is 6.54 Å². The predicted octanol–water partition coefficient (Wildman–Crippen LogP) is 2.14.